The maximum atomic E-state index is 13.2. The number of nitrogens with zero attached hydrogens (tertiary/aromatic N) is 2. The molecule has 7 heteroatoms. The lowest BCUT2D eigenvalue weighted by atomic mass is 9.74. The van der Waals surface area contributed by atoms with E-state index in [0.717, 1.165) is 29.8 Å². The predicted octanol–water partition coefficient (Wildman–Crippen LogP) is 2.28. The van der Waals surface area contributed by atoms with Gasteiger partial charge in [-0.2, -0.15) is 5.10 Å². The Morgan fingerprint density at radius 1 is 1.31 bits per heavy atom. The second-order valence-electron chi connectivity index (χ2n) is 7.51. The van der Waals surface area contributed by atoms with Crippen LogP contribution in [0.1, 0.15) is 44.5 Å². The van der Waals surface area contributed by atoms with Crippen molar-refractivity contribution in [2.45, 2.75) is 39.7 Å². The van der Waals surface area contributed by atoms with Crippen molar-refractivity contribution in [1.82, 2.24) is 20.4 Å². The second kappa shape index (κ2) is 6.90. The van der Waals surface area contributed by atoms with Crippen molar-refractivity contribution >= 4 is 11.8 Å². The van der Waals surface area contributed by atoms with Crippen molar-refractivity contribution in [3.05, 3.63) is 47.5 Å². The van der Waals surface area contributed by atoms with Gasteiger partial charge in [0.2, 0.25) is 11.8 Å². The van der Waals surface area contributed by atoms with Crippen molar-refractivity contribution in [2.75, 3.05) is 6.54 Å². The summed E-state index contributed by atoms with van der Waals surface area (Å²) in [6.07, 6.45) is 3.34. The van der Waals surface area contributed by atoms with Crippen LogP contribution in [-0.2, 0) is 16.0 Å². The summed E-state index contributed by atoms with van der Waals surface area (Å²) in [7, 11) is 0. The molecule has 138 valence electrons. The monoisotopic (exact) mass is 358 g/mol. The number of rotatable bonds is 4. The molecule has 1 unspecified atom stereocenters. The van der Waals surface area contributed by atoms with Gasteiger partial charge in [-0.3, -0.25) is 9.59 Å². The van der Waals surface area contributed by atoms with Crippen LogP contribution in [0.25, 0.3) is 5.69 Å². The van der Waals surface area contributed by atoms with E-state index in [1.807, 2.05) is 4.68 Å². The summed E-state index contributed by atoms with van der Waals surface area (Å²) in [4.78, 5) is 23.2. The Kier molecular flexibility index (Phi) is 4.80. The van der Waals surface area contributed by atoms with E-state index in [-0.39, 0.29) is 35.6 Å². The van der Waals surface area contributed by atoms with Crippen molar-refractivity contribution in [1.29, 1.82) is 0 Å². The third kappa shape index (κ3) is 3.92. The predicted molar refractivity (Wildman–Crippen MR) is 95.2 cm³/mol. The molecule has 0 saturated carbocycles. The summed E-state index contributed by atoms with van der Waals surface area (Å²) in [6.45, 7) is 5.62. The minimum absolute atomic E-state index is 0.0310. The lowest BCUT2D eigenvalue weighted by molar-refractivity contribution is -0.125. The van der Waals surface area contributed by atoms with Gasteiger partial charge in [-0.05, 0) is 42.5 Å². The van der Waals surface area contributed by atoms with E-state index >= 15 is 0 Å². The normalized spacial score (nSPS) is 18.1. The summed E-state index contributed by atoms with van der Waals surface area (Å²) < 4.78 is 15.0. The molecule has 0 bridgehead atoms. The molecule has 1 aromatic heterocycles. The maximum Gasteiger partial charge on any atom is 0.239 e. The Bertz CT molecular complexity index is 827. The van der Waals surface area contributed by atoms with Gasteiger partial charge in [0.1, 0.15) is 5.82 Å². The fourth-order valence-corrected chi connectivity index (χ4v) is 3.43. The summed E-state index contributed by atoms with van der Waals surface area (Å²) in [6, 6.07) is 6.02. The largest absolute Gasteiger partial charge is 0.348 e. The molecule has 6 nitrogen and oxygen atoms in total. The quantitative estimate of drug-likeness (QED) is 0.880. The van der Waals surface area contributed by atoms with Crippen LogP contribution >= 0.6 is 0 Å². The van der Waals surface area contributed by atoms with E-state index in [0.29, 0.717) is 0 Å². The highest BCUT2D eigenvalue weighted by molar-refractivity contribution is 5.83. The highest BCUT2D eigenvalue weighted by Gasteiger charge is 2.36. The Labute approximate surface area is 151 Å². The van der Waals surface area contributed by atoms with Crippen LogP contribution in [0, 0.1) is 11.2 Å². The Hall–Kier alpha value is -2.70. The first-order valence-corrected chi connectivity index (χ1v) is 8.62. The third-order valence-corrected chi connectivity index (χ3v) is 4.58. The molecule has 0 spiro atoms. The molecule has 2 aromatic rings. The van der Waals surface area contributed by atoms with Crippen molar-refractivity contribution < 1.29 is 14.0 Å². The number of nitrogens with one attached hydrogen (secondary N) is 2. The minimum atomic E-state index is -0.293. The molecule has 1 atom stereocenters. The highest BCUT2D eigenvalue weighted by Crippen LogP contribution is 2.41. The van der Waals surface area contributed by atoms with Gasteiger partial charge in [0, 0.05) is 12.5 Å². The van der Waals surface area contributed by atoms with Gasteiger partial charge in [0.25, 0.3) is 0 Å². The van der Waals surface area contributed by atoms with Gasteiger partial charge < -0.3 is 10.6 Å². The molecule has 1 aliphatic carbocycles. The molecule has 0 fully saturated rings. The number of carbonyl (C=O) groups is 2. The summed E-state index contributed by atoms with van der Waals surface area (Å²) in [5.74, 6) is -0.768. The summed E-state index contributed by atoms with van der Waals surface area (Å²) >= 11 is 0. The number of hydrogen-bond acceptors (Lipinski definition) is 3. The van der Waals surface area contributed by atoms with Crippen molar-refractivity contribution in [3.63, 3.8) is 0 Å². The van der Waals surface area contributed by atoms with Crippen LogP contribution in [0.5, 0.6) is 0 Å². The fraction of sp³-hybridized carbons (Fsp3) is 0.421. The zero-order chi connectivity index (χ0) is 18.9. The number of carbonyl (C=O) groups excluding carboxylic acids is 2. The smallest absolute Gasteiger partial charge is 0.239 e. The summed E-state index contributed by atoms with van der Waals surface area (Å²) in [5.41, 5.74) is 2.73. The number of halogens is 1. The average Bonchev–Trinajstić information content (AvgIpc) is 2.96. The lowest BCUT2D eigenvalue weighted by Gasteiger charge is -2.36. The molecule has 3 rings (SSSR count). The van der Waals surface area contributed by atoms with Gasteiger partial charge in [0.15, 0.2) is 0 Å². The second-order valence-corrected chi connectivity index (χ2v) is 7.51. The maximum absolute atomic E-state index is 13.2. The topological polar surface area (TPSA) is 76.0 Å². The van der Waals surface area contributed by atoms with E-state index in [1.54, 1.807) is 18.3 Å². The van der Waals surface area contributed by atoms with Gasteiger partial charge >= 0.3 is 0 Å². The SMILES string of the molecule is CC(=O)NCC(=O)NC1CC(C)(C)Cc2c1cnn2-c1ccc(F)cc1. The molecule has 0 saturated heterocycles. The Morgan fingerprint density at radius 2 is 2.00 bits per heavy atom. The number of amides is 2. The van der Waals surface area contributed by atoms with Crippen LogP contribution in [-0.4, -0.2) is 28.1 Å². The molecular formula is C19H23FN4O2. The van der Waals surface area contributed by atoms with Crippen LogP contribution in [0.15, 0.2) is 30.5 Å². The van der Waals surface area contributed by atoms with Crippen LogP contribution in [0.3, 0.4) is 0 Å². The van der Waals surface area contributed by atoms with Crippen molar-refractivity contribution in [2.24, 2.45) is 5.41 Å². The number of aromatic nitrogens is 2. The molecule has 0 radical (unpaired) electrons. The van der Waals surface area contributed by atoms with E-state index in [2.05, 4.69) is 29.6 Å². The van der Waals surface area contributed by atoms with E-state index < -0.39 is 0 Å². The molecule has 0 aliphatic heterocycles. The number of hydrogen-bond donors (Lipinski definition) is 2. The van der Waals surface area contributed by atoms with E-state index in [9.17, 15) is 14.0 Å². The molecule has 1 aliphatic rings. The first-order chi connectivity index (χ1) is 12.2. The standard InChI is InChI=1S/C19H23FN4O2/c1-12(25)21-11-18(26)23-16-8-19(2,3)9-17-15(16)10-22-24(17)14-6-4-13(20)5-7-14/h4-7,10,16H,8-9,11H2,1-3H3,(H,21,25)(H,23,26). The number of benzene rings is 1. The van der Waals surface area contributed by atoms with Crippen LogP contribution in [0.2, 0.25) is 0 Å². The molecule has 1 heterocycles. The zero-order valence-electron chi connectivity index (χ0n) is 15.2. The first kappa shape index (κ1) is 18.1. The van der Waals surface area contributed by atoms with Gasteiger partial charge in [0.05, 0.1) is 30.2 Å². The summed E-state index contributed by atoms with van der Waals surface area (Å²) in [5, 5.41) is 9.97. The van der Waals surface area contributed by atoms with Gasteiger partial charge in [-0.1, -0.05) is 13.8 Å². The zero-order valence-corrected chi connectivity index (χ0v) is 15.2. The molecule has 2 amide bonds. The Balaban J connectivity index is 1.88. The minimum Gasteiger partial charge on any atom is -0.348 e. The molecular weight excluding hydrogens is 335 g/mol. The molecule has 2 N–H and O–H groups in total. The molecule has 26 heavy (non-hydrogen) atoms. The van der Waals surface area contributed by atoms with E-state index in [4.69, 9.17) is 0 Å². The first-order valence-electron chi connectivity index (χ1n) is 8.62. The van der Waals surface area contributed by atoms with Gasteiger partial charge in [-0.25, -0.2) is 9.07 Å². The highest BCUT2D eigenvalue weighted by atomic mass is 19.1. The lowest BCUT2D eigenvalue weighted by Crippen LogP contribution is -2.41. The third-order valence-electron chi connectivity index (χ3n) is 4.58. The van der Waals surface area contributed by atoms with Crippen molar-refractivity contribution in [3.8, 4) is 5.69 Å². The number of fused-ring (bicyclic) bond motifs is 1. The average molecular weight is 358 g/mol. The fourth-order valence-electron chi connectivity index (χ4n) is 3.43. The van der Waals surface area contributed by atoms with Crippen LogP contribution < -0.4 is 10.6 Å². The van der Waals surface area contributed by atoms with Crippen LogP contribution in [0.4, 0.5) is 4.39 Å². The van der Waals surface area contributed by atoms with E-state index in [1.165, 1.54) is 19.1 Å². The Morgan fingerprint density at radius 3 is 2.65 bits per heavy atom. The molecule has 1 aromatic carbocycles. The van der Waals surface area contributed by atoms with Gasteiger partial charge in [-0.15, -0.1) is 0 Å².